The van der Waals surface area contributed by atoms with Crippen molar-refractivity contribution in [2.45, 2.75) is 26.1 Å². The largest absolute Gasteiger partial charge is 0.418 e. The molecule has 1 atom stereocenters. The third-order valence-corrected chi connectivity index (χ3v) is 3.13. The third-order valence-electron chi connectivity index (χ3n) is 1.88. The Labute approximate surface area is 96.3 Å². The van der Waals surface area contributed by atoms with E-state index in [1.807, 2.05) is 13.8 Å². The van der Waals surface area contributed by atoms with Crippen molar-refractivity contribution in [1.29, 1.82) is 0 Å². The maximum Gasteiger partial charge on any atom is 0.259 e. The molecule has 0 N–H and O–H groups in total. The monoisotopic (exact) mass is 243 g/mol. The van der Waals surface area contributed by atoms with Crippen LogP contribution in [0.2, 0.25) is 0 Å². The first-order chi connectivity index (χ1) is 7.08. The fraction of sp³-hybridized carbons (Fsp3) is 0.444. The molecule has 2 aromatic heterocycles. The number of hydrogen-bond acceptors (Lipinski definition) is 5. The van der Waals surface area contributed by atoms with Crippen molar-refractivity contribution >= 4 is 22.9 Å². The van der Waals surface area contributed by atoms with Crippen LogP contribution in [0.1, 0.15) is 28.9 Å². The van der Waals surface area contributed by atoms with Crippen molar-refractivity contribution in [3.8, 4) is 10.8 Å². The molecule has 0 bridgehead atoms. The Morgan fingerprint density at radius 1 is 1.33 bits per heavy atom. The fourth-order valence-corrected chi connectivity index (χ4v) is 2.15. The van der Waals surface area contributed by atoms with Crippen LogP contribution in [0.5, 0.6) is 0 Å². The molecule has 4 nitrogen and oxygen atoms in total. The van der Waals surface area contributed by atoms with Gasteiger partial charge in [0.1, 0.15) is 10.3 Å². The van der Waals surface area contributed by atoms with E-state index in [0.29, 0.717) is 11.8 Å². The lowest BCUT2D eigenvalue weighted by atomic mass is 10.4. The van der Waals surface area contributed by atoms with E-state index < -0.39 is 0 Å². The van der Waals surface area contributed by atoms with Gasteiger partial charge in [-0.25, -0.2) is 4.98 Å². The summed E-state index contributed by atoms with van der Waals surface area (Å²) in [5.41, 5.74) is 0.912. The molecule has 0 aliphatic heterocycles. The molecule has 0 saturated carbocycles. The quantitative estimate of drug-likeness (QED) is 0.761. The van der Waals surface area contributed by atoms with E-state index in [4.69, 9.17) is 16.0 Å². The van der Waals surface area contributed by atoms with Gasteiger partial charge in [-0.15, -0.1) is 33.1 Å². The van der Waals surface area contributed by atoms with Crippen LogP contribution in [-0.2, 0) is 0 Å². The van der Waals surface area contributed by atoms with Gasteiger partial charge in [-0.2, -0.15) is 0 Å². The second-order valence-electron chi connectivity index (χ2n) is 3.21. The Kier molecular flexibility index (Phi) is 2.75. The highest BCUT2D eigenvalue weighted by Crippen LogP contribution is 2.30. The van der Waals surface area contributed by atoms with Crippen molar-refractivity contribution in [2.24, 2.45) is 0 Å². The Balaban J connectivity index is 2.41. The summed E-state index contributed by atoms with van der Waals surface area (Å²) >= 11 is 7.38. The lowest BCUT2D eigenvalue weighted by Crippen LogP contribution is -1.81. The number of hydrogen-bond donors (Lipinski definition) is 0. The number of rotatable bonds is 2. The second kappa shape index (κ2) is 3.90. The van der Waals surface area contributed by atoms with Crippen LogP contribution in [0, 0.1) is 13.8 Å². The van der Waals surface area contributed by atoms with Crippen LogP contribution < -0.4 is 0 Å². The molecule has 2 rings (SSSR count). The van der Waals surface area contributed by atoms with E-state index in [2.05, 4.69) is 15.2 Å². The molecular formula is C9H10ClN3OS. The van der Waals surface area contributed by atoms with E-state index in [-0.39, 0.29) is 5.38 Å². The fourth-order valence-electron chi connectivity index (χ4n) is 1.22. The number of thiazole rings is 1. The van der Waals surface area contributed by atoms with E-state index in [1.165, 1.54) is 0 Å². The van der Waals surface area contributed by atoms with E-state index >= 15 is 0 Å². The standard InChI is InChI=1S/C9H10ClN3OS/c1-4(10)8-12-13-9(14-8)7-5(2)11-6(3)15-7/h4H,1-3H3. The van der Waals surface area contributed by atoms with E-state index in [1.54, 1.807) is 18.3 Å². The molecule has 0 aliphatic rings. The number of halogens is 1. The average Bonchev–Trinajstić information content (AvgIpc) is 2.71. The minimum absolute atomic E-state index is 0.263. The molecule has 0 aromatic carbocycles. The maximum atomic E-state index is 5.84. The molecule has 2 aromatic rings. The lowest BCUT2D eigenvalue weighted by Gasteiger charge is -1.92. The average molecular weight is 244 g/mol. The minimum atomic E-state index is -0.263. The number of aryl methyl sites for hydroxylation is 2. The zero-order valence-electron chi connectivity index (χ0n) is 8.61. The summed E-state index contributed by atoms with van der Waals surface area (Å²) in [7, 11) is 0. The van der Waals surface area contributed by atoms with E-state index in [9.17, 15) is 0 Å². The van der Waals surface area contributed by atoms with Crippen LogP contribution >= 0.6 is 22.9 Å². The molecule has 80 valence electrons. The van der Waals surface area contributed by atoms with Gasteiger partial charge in [0.25, 0.3) is 5.89 Å². The zero-order valence-corrected chi connectivity index (χ0v) is 10.2. The van der Waals surface area contributed by atoms with Gasteiger partial charge in [-0.05, 0) is 20.8 Å². The van der Waals surface area contributed by atoms with Crippen molar-refractivity contribution in [3.63, 3.8) is 0 Å². The second-order valence-corrected chi connectivity index (χ2v) is 5.07. The molecule has 0 aliphatic carbocycles. The number of alkyl halides is 1. The highest BCUT2D eigenvalue weighted by molar-refractivity contribution is 7.15. The molecule has 0 radical (unpaired) electrons. The van der Waals surface area contributed by atoms with E-state index in [0.717, 1.165) is 15.6 Å². The van der Waals surface area contributed by atoms with Gasteiger partial charge in [0.2, 0.25) is 5.89 Å². The third kappa shape index (κ3) is 2.03. The van der Waals surface area contributed by atoms with Gasteiger partial charge in [0.15, 0.2) is 0 Å². The summed E-state index contributed by atoms with van der Waals surface area (Å²) in [6, 6.07) is 0. The normalized spacial score (nSPS) is 13.1. The summed E-state index contributed by atoms with van der Waals surface area (Å²) < 4.78 is 5.44. The minimum Gasteiger partial charge on any atom is -0.418 e. The molecular weight excluding hydrogens is 234 g/mol. The zero-order chi connectivity index (χ0) is 11.0. The first kappa shape index (κ1) is 10.6. The molecule has 0 fully saturated rings. The van der Waals surface area contributed by atoms with Gasteiger partial charge in [-0.1, -0.05) is 0 Å². The Hall–Kier alpha value is -0.940. The SMILES string of the molecule is Cc1nc(C)c(-c2nnc(C(C)Cl)o2)s1. The van der Waals surface area contributed by atoms with Gasteiger partial charge in [-0.3, -0.25) is 0 Å². The predicted molar refractivity (Wildman–Crippen MR) is 59.1 cm³/mol. The molecule has 0 amide bonds. The van der Waals surface area contributed by atoms with Crippen molar-refractivity contribution < 1.29 is 4.42 Å². The molecule has 15 heavy (non-hydrogen) atoms. The molecule has 2 heterocycles. The van der Waals surface area contributed by atoms with Gasteiger partial charge < -0.3 is 4.42 Å². The highest BCUT2D eigenvalue weighted by Gasteiger charge is 2.16. The lowest BCUT2D eigenvalue weighted by molar-refractivity contribution is 0.508. The van der Waals surface area contributed by atoms with Gasteiger partial charge in [0.05, 0.1) is 10.7 Å². The van der Waals surface area contributed by atoms with Crippen molar-refractivity contribution in [1.82, 2.24) is 15.2 Å². The predicted octanol–water partition coefficient (Wildman–Crippen LogP) is 3.11. The number of aromatic nitrogens is 3. The van der Waals surface area contributed by atoms with Crippen molar-refractivity contribution in [3.05, 3.63) is 16.6 Å². The smallest absolute Gasteiger partial charge is 0.259 e. The topological polar surface area (TPSA) is 51.8 Å². The molecule has 0 spiro atoms. The Morgan fingerprint density at radius 2 is 2.07 bits per heavy atom. The van der Waals surface area contributed by atoms with Gasteiger partial charge in [0, 0.05) is 0 Å². The summed E-state index contributed by atoms with van der Waals surface area (Å²) in [5, 5.41) is 8.55. The van der Waals surface area contributed by atoms with Crippen LogP contribution in [0.25, 0.3) is 10.8 Å². The Morgan fingerprint density at radius 3 is 2.53 bits per heavy atom. The van der Waals surface area contributed by atoms with Crippen LogP contribution in [0.15, 0.2) is 4.42 Å². The maximum absolute atomic E-state index is 5.84. The summed E-state index contributed by atoms with van der Waals surface area (Å²) in [6.07, 6.45) is 0. The first-order valence-electron chi connectivity index (χ1n) is 4.50. The summed E-state index contributed by atoms with van der Waals surface area (Å²) in [6.45, 7) is 5.67. The molecule has 1 unspecified atom stereocenters. The van der Waals surface area contributed by atoms with Crippen LogP contribution in [0.4, 0.5) is 0 Å². The molecule has 0 saturated heterocycles. The first-order valence-corrected chi connectivity index (χ1v) is 5.75. The summed E-state index contributed by atoms with van der Waals surface area (Å²) in [4.78, 5) is 5.22. The Bertz CT molecular complexity index is 477. The summed E-state index contributed by atoms with van der Waals surface area (Å²) in [5.74, 6) is 0.942. The van der Waals surface area contributed by atoms with Crippen LogP contribution in [0.3, 0.4) is 0 Å². The highest BCUT2D eigenvalue weighted by atomic mass is 35.5. The van der Waals surface area contributed by atoms with Gasteiger partial charge >= 0.3 is 0 Å². The number of nitrogens with zero attached hydrogens (tertiary/aromatic N) is 3. The van der Waals surface area contributed by atoms with Crippen molar-refractivity contribution in [2.75, 3.05) is 0 Å². The molecule has 6 heteroatoms. The van der Waals surface area contributed by atoms with Crippen LogP contribution in [-0.4, -0.2) is 15.2 Å².